The number of nitrogens with zero attached hydrogens (tertiary/aromatic N) is 1. The molecule has 2 aromatic rings. The lowest BCUT2D eigenvalue weighted by Crippen LogP contribution is -2.33. The van der Waals surface area contributed by atoms with Gasteiger partial charge in [-0.15, -0.1) is 11.3 Å². The van der Waals surface area contributed by atoms with Gasteiger partial charge in [0.25, 0.3) is 5.91 Å². The maximum Gasteiger partial charge on any atom is 0.257 e. The highest BCUT2D eigenvalue weighted by molar-refractivity contribution is 7.15. The molecule has 1 amide bonds. The number of carbonyl (C=O) groups is 1. The number of hydrogen-bond acceptors (Lipinski definition) is 4. The van der Waals surface area contributed by atoms with Crippen LogP contribution in [0.3, 0.4) is 0 Å². The number of amides is 1. The number of carbonyl (C=O) groups excluding carboxylic acids is 1. The van der Waals surface area contributed by atoms with E-state index in [1.54, 1.807) is 0 Å². The van der Waals surface area contributed by atoms with Gasteiger partial charge in [-0.25, -0.2) is 0 Å². The first kappa shape index (κ1) is 19.3. The van der Waals surface area contributed by atoms with Crippen molar-refractivity contribution in [2.24, 2.45) is 0 Å². The summed E-state index contributed by atoms with van der Waals surface area (Å²) < 4.78 is 5.63. The standard InChI is InChI=1S/C20H28N2O2S/c1-4-11-22(12-5-2)20(23)18-17(14-25-19(18)21)15-7-9-16(10-8-15)24-13-6-3/h7-10,14H,4-6,11-13,21H2,1-3H3. The molecule has 0 radical (unpaired) electrons. The average molecular weight is 361 g/mol. The Balaban J connectivity index is 2.30. The highest BCUT2D eigenvalue weighted by Gasteiger charge is 2.23. The lowest BCUT2D eigenvalue weighted by Gasteiger charge is -2.22. The van der Waals surface area contributed by atoms with Gasteiger partial charge in [0.05, 0.1) is 17.2 Å². The van der Waals surface area contributed by atoms with Gasteiger partial charge in [-0.1, -0.05) is 32.9 Å². The third kappa shape index (κ3) is 4.75. The molecule has 4 nitrogen and oxygen atoms in total. The van der Waals surface area contributed by atoms with E-state index in [-0.39, 0.29) is 5.91 Å². The van der Waals surface area contributed by atoms with Crippen LogP contribution in [-0.4, -0.2) is 30.5 Å². The molecule has 0 aliphatic carbocycles. The van der Waals surface area contributed by atoms with Crippen molar-refractivity contribution in [3.05, 3.63) is 35.2 Å². The minimum Gasteiger partial charge on any atom is -0.494 e. The van der Waals surface area contributed by atoms with Crippen LogP contribution >= 0.6 is 11.3 Å². The minimum absolute atomic E-state index is 0.0313. The summed E-state index contributed by atoms with van der Waals surface area (Å²) in [7, 11) is 0. The third-order valence-electron chi connectivity index (χ3n) is 3.95. The van der Waals surface area contributed by atoms with E-state index in [0.717, 1.165) is 49.2 Å². The van der Waals surface area contributed by atoms with E-state index in [1.165, 1.54) is 11.3 Å². The molecule has 1 aromatic heterocycles. The van der Waals surface area contributed by atoms with Gasteiger partial charge in [0.2, 0.25) is 0 Å². The molecular formula is C20H28N2O2S. The molecule has 0 fully saturated rings. The van der Waals surface area contributed by atoms with E-state index >= 15 is 0 Å². The lowest BCUT2D eigenvalue weighted by molar-refractivity contribution is 0.0758. The van der Waals surface area contributed by atoms with Crippen LogP contribution in [0.1, 0.15) is 50.4 Å². The summed E-state index contributed by atoms with van der Waals surface area (Å²) in [6, 6.07) is 7.88. The molecule has 0 aliphatic heterocycles. The number of ether oxygens (including phenoxy) is 1. The van der Waals surface area contributed by atoms with Crippen LogP contribution in [0.5, 0.6) is 5.75 Å². The fourth-order valence-corrected chi connectivity index (χ4v) is 3.58. The van der Waals surface area contributed by atoms with Gasteiger partial charge in [-0.05, 0) is 37.0 Å². The van der Waals surface area contributed by atoms with Crippen molar-refractivity contribution < 1.29 is 9.53 Å². The first-order chi connectivity index (χ1) is 12.1. The SMILES string of the molecule is CCCOc1ccc(-c2csc(N)c2C(=O)N(CCC)CCC)cc1. The van der Waals surface area contributed by atoms with Crippen LogP contribution in [0.4, 0.5) is 5.00 Å². The molecule has 2 rings (SSSR count). The van der Waals surface area contributed by atoms with Gasteiger partial charge < -0.3 is 15.4 Å². The van der Waals surface area contributed by atoms with Crippen molar-refractivity contribution >= 4 is 22.2 Å². The largest absolute Gasteiger partial charge is 0.494 e. The number of rotatable bonds is 9. The molecule has 0 aliphatic rings. The highest BCUT2D eigenvalue weighted by Crippen LogP contribution is 2.35. The summed E-state index contributed by atoms with van der Waals surface area (Å²) in [5, 5.41) is 2.56. The Hall–Kier alpha value is -2.01. The van der Waals surface area contributed by atoms with E-state index < -0.39 is 0 Å². The predicted octanol–water partition coefficient (Wildman–Crippen LogP) is 5.05. The van der Waals surface area contributed by atoms with E-state index in [1.807, 2.05) is 34.5 Å². The van der Waals surface area contributed by atoms with E-state index in [0.29, 0.717) is 17.2 Å². The molecule has 5 heteroatoms. The normalized spacial score (nSPS) is 10.7. The monoisotopic (exact) mass is 360 g/mol. The van der Waals surface area contributed by atoms with Crippen molar-refractivity contribution in [2.45, 2.75) is 40.0 Å². The van der Waals surface area contributed by atoms with Crippen LogP contribution in [0.2, 0.25) is 0 Å². The first-order valence-electron chi connectivity index (χ1n) is 9.01. The number of thiophene rings is 1. The first-order valence-corrected chi connectivity index (χ1v) is 9.89. The van der Waals surface area contributed by atoms with Crippen LogP contribution in [-0.2, 0) is 0 Å². The zero-order chi connectivity index (χ0) is 18.2. The topological polar surface area (TPSA) is 55.6 Å². The maximum absolute atomic E-state index is 13.0. The molecule has 0 bridgehead atoms. The summed E-state index contributed by atoms with van der Waals surface area (Å²) in [5.41, 5.74) is 8.69. The van der Waals surface area contributed by atoms with E-state index in [2.05, 4.69) is 20.8 Å². The Labute approximate surface area is 154 Å². The zero-order valence-corrected chi connectivity index (χ0v) is 16.2. The van der Waals surface area contributed by atoms with Crippen LogP contribution in [0, 0.1) is 0 Å². The Morgan fingerprint density at radius 1 is 1.08 bits per heavy atom. The predicted molar refractivity (Wildman–Crippen MR) is 106 cm³/mol. The van der Waals surface area contributed by atoms with Gasteiger partial charge in [0.15, 0.2) is 0 Å². The zero-order valence-electron chi connectivity index (χ0n) is 15.4. The quantitative estimate of drug-likeness (QED) is 0.681. The number of anilines is 1. The van der Waals surface area contributed by atoms with Gasteiger partial charge in [-0.3, -0.25) is 4.79 Å². The molecule has 1 heterocycles. The molecule has 2 N–H and O–H groups in total. The molecule has 0 saturated carbocycles. The smallest absolute Gasteiger partial charge is 0.257 e. The number of nitrogen functional groups attached to an aromatic ring is 1. The summed E-state index contributed by atoms with van der Waals surface area (Å²) in [5.74, 6) is 0.879. The second kappa shape index (κ2) is 9.47. The fourth-order valence-electron chi connectivity index (χ4n) is 2.77. The number of nitrogens with two attached hydrogens (primary N) is 1. The minimum atomic E-state index is 0.0313. The van der Waals surface area contributed by atoms with Crippen LogP contribution < -0.4 is 10.5 Å². The summed E-state index contributed by atoms with van der Waals surface area (Å²) >= 11 is 1.42. The van der Waals surface area contributed by atoms with Crippen LogP contribution in [0.15, 0.2) is 29.6 Å². The van der Waals surface area contributed by atoms with Crippen molar-refractivity contribution in [1.29, 1.82) is 0 Å². The van der Waals surface area contributed by atoms with E-state index in [4.69, 9.17) is 10.5 Å². The third-order valence-corrected chi connectivity index (χ3v) is 4.76. The van der Waals surface area contributed by atoms with Gasteiger partial charge in [0, 0.05) is 24.0 Å². The van der Waals surface area contributed by atoms with Crippen molar-refractivity contribution in [2.75, 3.05) is 25.4 Å². The van der Waals surface area contributed by atoms with E-state index in [9.17, 15) is 4.79 Å². The molecule has 0 saturated heterocycles. The van der Waals surface area contributed by atoms with Crippen LogP contribution in [0.25, 0.3) is 11.1 Å². The molecule has 0 unspecified atom stereocenters. The molecule has 136 valence electrons. The molecule has 25 heavy (non-hydrogen) atoms. The molecular weight excluding hydrogens is 332 g/mol. The second-order valence-corrected chi connectivity index (χ2v) is 6.96. The highest BCUT2D eigenvalue weighted by atomic mass is 32.1. The van der Waals surface area contributed by atoms with Gasteiger partial charge in [-0.2, -0.15) is 0 Å². The summed E-state index contributed by atoms with van der Waals surface area (Å²) in [6.45, 7) is 8.47. The molecule has 0 spiro atoms. The molecule has 1 aromatic carbocycles. The number of hydrogen-bond donors (Lipinski definition) is 1. The fraction of sp³-hybridized carbons (Fsp3) is 0.450. The Kier molecular flexibility index (Phi) is 7.31. The van der Waals surface area contributed by atoms with Gasteiger partial charge in [0.1, 0.15) is 5.75 Å². The Morgan fingerprint density at radius 2 is 1.72 bits per heavy atom. The van der Waals surface area contributed by atoms with Crippen molar-refractivity contribution in [3.63, 3.8) is 0 Å². The summed E-state index contributed by atoms with van der Waals surface area (Å²) in [6.07, 6.45) is 2.86. The Morgan fingerprint density at radius 3 is 2.28 bits per heavy atom. The summed E-state index contributed by atoms with van der Waals surface area (Å²) in [4.78, 5) is 14.9. The van der Waals surface area contributed by atoms with Crippen molar-refractivity contribution in [3.8, 4) is 16.9 Å². The van der Waals surface area contributed by atoms with Crippen molar-refractivity contribution in [1.82, 2.24) is 4.90 Å². The number of benzene rings is 1. The second-order valence-electron chi connectivity index (χ2n) is 6.05. The lowest BCUT2D eigenvalue weighted by atomic mass is 10.0. The van der Waals surface area contributed by atoms with Gasteiger partial charge >= 0.3 is 0 Å². The average Bonchev–Trinajstić information content (AvgIpc) is 3.01. The Bertz CT molecular complexity index is 674. The maximum atomic E-state index is 13.0. The molecule has 0 atom stereocenters.